The van der Waals surface area contributed by atoms with Gasteiger partial charge in [-0.05, 0) is 17.7 Å². The molecular formula is C18H10FN3O3S. The number of nitro benzene ring substituents is 1. The summed E-state index contributed by atoms with van der Waals surface area (Å²) in [6.07, 6.45) is 2.44. The summed E-state index contributed by atoms with van der Waals surface area (Å²) in [5, 5.41) is 11.0. The maximum absolute atomic E-state index is 13.6. The quantitative estimate of drug-likeness (QED) is 0.300. The minimum Gasteiger partial charge on any atom is -0.296 e. The Bertz CT molecular complexity index is 1150. The Morgan fingerprint density at radius 1 is 1.15 bits per heavy atom. The number of benzene rings is 2. The molecule has 0 radical (unpaired) electrons. The third-order valence-corrected chi connectivity index (χ3v) is 4.98. The summed E-state index contributed by atoms with van der Waals surface area (Å²) >= 11 is 1.39. The molecule has 0 aliphatic rings. The molecule has 26 heavy (non-hydrogen) atoms. The summed E-state index contributed by atoms with van der Waals surface area (Å²) in [6.45, 7) is 0. The number of hydrogen-bond donors (Lipinski definition) is 0. The van der Waals surface area contributed by atoms with Crippen LogP contribution in [0.4, 0.5) is 10.1 Å². The molecule has 4 rings (SSSR count). The number of fused-ring (bicyclic) bond motifs is 1. The van der Waals surface area contributed by atoms with Gasteiger partial charge in [0.1, 0.15) is 11.4 Å². The predicted octanol–water partition coefficient (Wildman–Crippen LogP) is 4.59. The maximum atomic E-state index is 13.6. The molecule has 0 bridgehead atoms. The van der Waals surface area contributed by atoms with Gasteiger partial charge in [-0.15, -0.1) is 0 Å². The molecule has 2 heterocycles. The van der Waals surface area contributed by atoms with Gasteiger partial charge in [0, 0.05) is 17.8 Å². The van der Waals surface area contributed by atoms with Crippen molar-refractivity contribution in [2.75, 3.05) is 0 Å². The standard InChI is InChI=1S/C18H10FN3O3S/c19-13-7-6-12(8-14(13)22(24)25)17-15(10-23)21-9-16(26-18(21)20-17)11-4-2-1-3-5-11/h1-10H. The van der Waals surface area contributed by atoms with Crippen molar-refractivity contribution < 1.29 is 14.1 Å². The van der Waals surface area contributed by atoms with Gasteiger partial charge in [0.05, 0.1) is 9.80 Å². The largest absolute Gasteiger partial charge is 0.305 e. The summed E-state index contributed by atoms with van der Waals surface area (Å²) in [5.41, 5.74) is 1.21. The van der Waals surface area contributed by atoms with Gasteiger partial charge in [0.2, 0.25) is 5.82 Å². The molecule has 0 fully saturated rings. The van der Waals surface area contributed by atoms with Crippen LogP contribution < -0.4 is 0 Å². The van der Waals surface area contributed by atoms with Crippen molar-refractivity contribution in [1.82, 2.24) is 9.38 Å². The molecule has 6 nitrogen and oxygen atoms in total. The number of carbonyl (C=O) groups is 1. The fraction of sp³-hybridized carbons (Fsp3) is 0. The van der Waals surface area contributed by atoms with Gasteiger partial charge in [0.15, 0.2) is 11.2 Å². The van der Waals surface area contributed by atoms with E-state index in [9.17, 15) is 19.3 Å². The van der Waals surface area contributed by atoms with Crippen LogP contribution >= 0.6 is 11.3 Å². The Balaban J connectivity index is 1.87. The maximum Gasteiger partial charge on any atom is 0.305 e. The van der Waals surface area contributed by atoms with E-state index >= 15 is 0 Å². The van der Waals surface area contributed by atoms with E-state index in [1.54, 1.807) is 10.6 Å². The molecule has 0 unspecified atom stereocenters. The van der Waals surface area contributed by atoms with E-state index in [0.717, 1.165) is 22.6 Å². The van der Waals surface area contributed by atoms with Crippen molar-refractivity contribution >= 4 is 28.3 Å². The Labute approximate surface area is 150 Å². The second-order valence-electron chi connectivity index (χ2n) is 5.50. The fourth-order valence-corrected chi connectivity index (χ4v) is 3.72. The topological polar surface area (TPSA) is 77.5 Å². The first-order valence-corrected chi connectivity index (χ1v) is 8.37. The third-order valence-electron chi connectivity index (χ3n) is 3.95. The number of thiazole rings is 1. The number of aromatic nitrogens is 2. The summed E-state index contributed by atoms with van der Waals surface area (Å²) in [5.74, 6) is -0.932. The third kappa shape index (κ3) is 2.56. The van der Waals surface area contributed by atoms with Crippen LogP contribution in [0.2, 0.25) is 0 Å². The number of rotatable bonds is 4. The molecule has 0 aliphatic heterocycles. The van der Waals surface area contributed by atoms with Crippen LogP contribution in [-0.2, 0) is 0 Å². The average molecular weight is 367 g/mol. The number of halogens is 1. The smallest absolute Gasteiger partial charge is 0.296 e. The highest BCUT2D eigenvalue weighted by Crippen LogP contribution is 2.34. The first kappa shape index (κ1) is 16.1. The normalized spacial score (nSPS) is 11.0. The van der Waals surface area contributed by atoms with Crippen LogP contribution in [0.25, 0.3) is 26.7 Å². The zero-order chi connectivity index (χ0) is 18.3. The van der Waals surface area contributed by atoms with Gasteiger partial charge in [-0.2, -0.15) is 4.39 Å². The zero-order valence-electron chi connectivity index (χ0n) is 13.1. The van der Waals surface area contributed by atoms with Crippen LogP contribution in [0.5, 0.6) is 0 Å². The summed E-state index contributed by atoms with van der Waals surface area (Å²) in [4.78, 5) is 27.7. The van der Waals surface area contributed by atoms with E-state index in [0.29, 0.717) is 16.8 Å². The summed E-state index contributed by atoms with van der Waals surface area (Å²) in [6, 6.07) is 13.1. The molecule has 0 aliphatic carbocycles. The molecule has 2 aromatic carbocycles. The van der Waals surface area contributed by atoms with Gasteiger partial charge in [0.25, 0.3) is 0 Å². The van der Waals surface area contributed by atoms with Gasteiger partial charge < -0.3 is 0 Å². The lowest BCUT2D eigenvalue weighted by atomic mass is 10.1. The van der Waals surface area contributed by atoms with Crippen LogP contribution in [0.3, 0.4) is 0 Å². The molecule has 0 spiro atoms. The molecule has 0 amide bonds. The molecule has 0 N–H and O–H groups in total. The Hall–Kier alpha value is -3.39. The monoisotopic (exact) mass is 367 g/mol. The number of hydrogen-bond acceptors (Lipinski definition) is 5. The highest BCUT2D eigenvalue weighted by molar-refractivity contribution is 7.20. The molecule has 2 aromatic heterocycles. The van der Waals surface area contributed by atoms with Crippen molar-refractivity contribution in [3.8, 4) is 21.7 Å². The first-order valence-electron chi connectivity index (χ1n) is 7.55. The predicted molar refractivity (Wildman–Crippen MR) is 95.9 cm³/mol. The molecule has 0 saturated carbocycles. The Kier molecular flexibility index (Phi) is 3.81. The van der Waals surface area contributed by atoms with Crippen molar-refractivity contribution in [3.63, 3.8) is 0 Å². The second-order valence-corrected chi connectivity index (χ2v) is 6.51. The lowest BCUT2D eigenvalue weighted by Gasteiger charge is -2.00. The van der Waals surface area contributed by atoms with Gasteiger partial charge in [-0.1, -0.05) is 41.7 Å². The molecular weight excluding hydrogens is 357 g/mol. The van der Waals surface area contributed by atoms with E-state index < -0.39 is 16.4 Å². The molecule has 8 heteroatoms. The van der Waals surface area contributed by atoms with Crippen LogP contribution in [0.1, 0.15) is 10.5 Å². The molecule has 0 atom stereocenters. The summed E-state index contributed by atoms with van der Waals surface area (Å²) < 4.78 is 15.2. The van der Waals surface area contributed by atoms with Gasteiger partial charge in [-0.25, -0.2) is 4.98 Å². The molecule has 4 aromatic rings. The lowest BCUT2D eigenvalue weighted by Crippen LogP contribution is -1.95. The van der Waals surface area contributed by atoms with Crippen molar-refractivity contribution in [1.29, 1.82) is 0 Å². The molecule has 0 saturated heterocycles. The summed E-state index contributed by atoms with van der Waals surface area (Å²) in [7, 11) is 0. The van der Waals surface area contributed by atoms with Crippen molar-refractivity contribution in [2.24, 2.45) is 0 Å². The van der Waals surface area contributed by atoms with Crippen LogP contribution in [0.15, 0.2) is 54.7 Å². The van der Waals surface area contributed by atoms with Gasteiger partial charge >= 0.3 is 5.69 Å². The minimum atomic E-state index is -0.932. The van der Waals surface area contributed by atoms with Gasteiger partial charge in [-0.3, -0.25) is 19.3 Å². The Morgan fingerprint density at radius 2 is 1.92 bits per heavy atom. The number of nitro groups is 1. The van der Waals surface area contributed by atoms with Crippen molar-refractivity contribution in [2.45, 2.75) is 0 Å². The van der Waals surface area contributed by atoms with E-state index in [4.69, 9.17) is 0 Å². The van der Waals surface area contributed by atoms with E-state index in [2.05, 4.69) is 4.98 Å². The highest BCUT2D eigenvalue weighted by atomic mass is 32.1. The Morgan fingerprint density at radius 3 is 2.62 bits per heavy atom. The fourth-order valence-electron chi connectivity index (χ4n) is 2.72. The molecule has 128 valence electrons. The number of imidazole rings is 1. The zero-order valence-corrected chi connectivity index (χ0v) is 13.9. The van der Waals surface area contributed by atoms with E-state index in [1.807, 2.05) is 30.3 Å². The average Bonchev–Trinajstić information content (AvgIpc) is 3.20. The van der Waals surface area contributed by atoms with Crippen LogP contribution in [-0.4, -0.2) is 20.6 Å². The van der Waals surface area contributed by atoms with E-state index in [-0.39, 0.29) is 11.4 Å². The van der Waals surface area contributed by atoms with E-state index in [1.165, 1.54) is 17.4 Å². The second kappa shape index (κ2) is 6.16. The number of carbonyl (C=O) groups excluding carboxylic acids is 1. The van der Waals surface area contributed by atoms with Crippen molar-refractivity contribution in [3.05, 3.63) is 76.4 Å². The highest BCUT2D eigenvalue weighted by Gasteiger charge is 2.21. The SMILES string of the molecule is O=Cc1c(-c2ccc(F)c([N+](=O)[O-])c2)nc2sc(-c3ccccc3)cn12. The number of aldehydes is 1. The minimum absolute atomic E-state index is 0.263. The lowest BCUT2D eigenvalue weighted by molar-refractivity contribution is -0.387. The van der Waals surface area contributed by atoms with Crippen LogP contribution in [0, 0.1) is 15.9 Å². The first-order chi connectivity index (χ1) is 12.6. The number of nitrogens with zero attached hydrogens (tertiary/aromatic N) is 3.